The molecule has 0 unspecified atom stereocenters. The molecule has 0 aromatic carbocycles. The van der Waals surface area contributed by atoms with Gasteiger partial charge in [-0.05, 0) is 85.4 Å². The number of hydrogen-bond donors (Lipinski definition) is 9. The third kappa shape index (κ3) is 5.61. The van der Waals surface area contributed by atoms with Crippen LogP contribution in [0, 0.1) is 34.0 Å². The van der Waals surface area contributed by atoms with Crippen LogP contribution in [-0.4, -0.2) is 139 Å². The molecule has 1 spiro atoms. The topological polar surface area (TPSA) is 219 Å². The summed E-state index contributed by atoms with van der Waals surface area (Å²) in [6.45, 7) is 3.67. The summed E-state index contributed by atoms with van der Waals surface area (Å²) in [5.41, 5.74) is -1.16. The third-order valence-corrected chi connectivity index (χ3v) is 13.2. The van der Waals surface area contributed by atoms with E-state index in [1.807, 2.05) is 0 Å². The Balaban J connectivity index is 1.11. The molecule has 13 heteroatoms. The van der Waals surface area contributed by atoms with Gasteiger partial charge in [-0.2, -0.15) is 0 Å². The molecule has 6 aliphatic rings. The molecule has 0 radical (unpaired) electrons. The molecule has 2 bridgehead atoms. The highest BCUT2D eigenvalue weighted by Crippen LogP contribution is 2.72. The maximum Gasteiger partial charge on any atom is 0.186 e. The molecule has 17 atom stereocenters. The number of ether oxygens (including phenoxy) is 4. The molecular formula is C32H54O13. The molecular weight excluding hydrogens is 592 g/mol. The van der Waals surface area contributed by atoms with Crippen molar-refractivity contribution < 1.29 is 64.9 Å². The largest absolute Gasteiger partial charge is 0.394 e. The van der Waals surface area contributed by atoms with Crippen molar-refractivity contribution in [2.24, 2.45) is 34.0 Å². The minimum Gasteiger partial charge on any atom is -0.394 e. The molecule has 2 heterocycles. The first kappa shape index (κ1) is 34.3. The van der Waals surface area contributed by atoms with E-state index in [0.717, 1.165) is 51.4 Å². The first-order valence-corrected chi connectivity index (χ1v) is 16.8. The molecule has 0 amide bonds. The van der Waals surface area contributed by atoms with Gasteiger partial charge in [0.25, 0.3) is 0 Å². The van der Waals surface area contributed by atoms with Crippen molar-refractivity contribution in [2.75, 3.05) is 26.4 Å². The average molecular weight is 647 g/mol. The maximum absolute atomic E-state index is 11.3. The Hall–Kier alpha value is -0.520. The monoisotopic (exact) mass is 646 g/mol. The fourth-order valence-corrected chi connectivity index (χ4v) is 11.0. The normalized spacial score (nSPS) is 56.5. The molecule has 260 valence electrons. The van der Waals surface area contributed by atoms with E-state index in [9.17, 15) is 46.0 Å². The summed E-state index contributed by atoms with van der Waals surface area (Å²) in [7, 11) is 0. The Bertz CT molecular complexity index is 1050. The van der Waals surface area contributed by atoms with Gasteiger partial charge in [-0.1, -0.05) is 20.3 Å². The smallest absolute Gasteiger partial charge is 0.186 e. The van der Waals surface area contributed by atoms with Crippen LogP contribution >= 0.6 is 0 Å². The molecule has 6 rings (SSSR count). The molecule has 13 nitrogen and oxygen atoms in total. The summed E-state index contributed by atoms with van der Waals surface area (Å²) in [4.78, 5) is 0. The van der Waals surface area contributed by atoms with E-state index in [0.29, 0.717) is 18.3 Å². The fourth-order valence-electron chi connectivity index (χ4n) is 11.0. The van der Waals surface area contributed by atoms with Crippen LogP contribution in [-0.2, 0) is 18.9 Å². The van der Waals surface area contributed by atoms with Crippen LogP contribution in [0.15, 0.2) is 0 Å². The standard InChI is InChI=1S/C32H54O13/c1-29(7-3-8-30(2)19(29)6-9-31-10-16(4-5-20(30)31)32(41,13-31)14-34)15-43-28-26(40)24(38)22(36)18(45-28)12-42-27-25(39)23(37)21(35)17(11-33)44-27/h16-28,33-41H,3-15H2,1-2H3/t16-,17-,18-,19-,20+,21-,22-,23+,24+,25-,26-,27-,28-,29+,30-,31+,32+/m1/s1. The maximum atomic E-state index is 11.3. The molecule has 2 aliphatic heterocycles. The number of aliphatic hydroxyl groups is 9. The molecule has 2 saturated heterocycles. The summed E-state index contributed by atoms with van der Waals surface area (Å²) in [6.07, 6.45) is -5.97. The van der Waals surface area contributed by atoms with Crippen LogP contribution in [0.2, 0.25) is 0 Å². The molecule has 0 aromatic rings. The number of hydrogen-bond acceptors (Lipinski definition) is 13. The van der Waals surface area contributed by atoms with Gasteiger partial charge in [-0.3, -0.25) is 0 Å². The lowest BCUT2D eigenvalue weighted by atomic mass is 9.41. The third-order valence-electron chi connectivity index (χ3n) is 13.2. The predicted molar refractivity (Wildman–Crippen MR) is 155 cm³/mol. The van der Waals surface area contributed by atoms with Crippen LogP contribution in [0.25, 0.3) is 0 Å². The second-order valence-electron chi connectivity index (χ2n) is 15.8. The lowest BCUT2D eigenvalue weighted by Crippen LogP contribution is -2.62. The number of rotatable bonds is 8. The zero-order chi connectivity index (χ0) is 32.5. The molecule has 45 heavy (non-hydrogen) atoms. The zero-order valence-corrected chi connectivity index (χ0v) is 26.4. The molecule has 9 N–H and O–H groups in total. The summed E-state index contributed by atoms with van der Waals surface area (Å²) in [5, 5.41) is 93.3. The van der Waals surface area contributed by atoms with E-state index in [2.05, 4.69) is 13.8 Å². The van der Waals surface area contributed by atoms with E-state index in [1.165, 1.54) is 0 Å². The number of fused-ring (bicyclic) bond motifs is 3. The second kappa shape index (κ2) is 12.4. The minimum absolute atomic E-state index is 0.0316. The van der Waals surface area contributed by atoms with Crippen LogP contribution in [0.4, 0.5) is 0 Å². The first-order valence-electron chi connectivity index (χ1n) is 16.8. The summed E-state index contributed by atoms with van der Waals surface area (Å²) in [5.74, 6) is 0.925. The van der Waals surface area contributed by atoms with E-state index in [1.54, 1.807) is 0 Å². The van der Waals surface area contributed by atoms with Crippen molar-refractivity contribution in [3.8, 4) is 0 Å². The fraction of sp³-hybridized carbons (Fsp3) is 1.00. The van der Waals surface area contributed by atoms with Gasteiger partial charge in [0.2, 0.25) is 0 Å². The first-order chi connectivity index (χ1) is 21.2. The Labute approximate surface area is 264 Å². The van der Waals surface area contributed by atoms with Crippen molar-refractivity contribution in [2.45, 2.75) is 139 Å². The highest BCUT2D eigenvalue weighted by atomic mass is 16.7. The van der Waals surface area contributed by atoms with Crippen molar-refractivity contribution >= 4 is 0 Å². The highest BCUT2D eigenvalue weighted by Gasteiger charge is 2.67. The van der Waals surface area contributed by atoms with E-state index < -0.39 is 80.2 Å². The molecule has 0 aromatic heterocycles. The van der Waals surface area contributed by atoms with Crippen molar-refractivity contribution in [1.82, 2.24) is 0 Å². The lowest BCUT2D eigenvalue weighted by Gasteiger charge is -2.64. The van der Waals surface area contributed by atoms with Crippen molar-refractivity contribution in [3.63, 3.8) is 0 Å². The van der Waals surface area contributed by atoms with Gasteiger partial charge >= 0.3 is 0 Å². The average Bonchev–Trinajstić information content (AvgIpc) is 3.22. The molecule has 6 fully saturated rings. The Morgan fingerprint density at radius 3 is 2.02 bits per heavy atom. The number of aliphatic hydroxyl groups excluding tert-OH is 8. The van der Waals surface area contributed by atoms with Gasteiger partial charge in [0.05, 0.1) is 32.0 Å². The summed E-state index contributed by atoms with van der Waals surface area (Å²) < 4.78 is 23.1. The van der Waals surface area contributed by atoms with Gasteiger partial charge in [-0.25, -0.2) is 0 Å². The second-order valence-corrected chi connectivity index (χ2v) is 15.8. The SMILES string of the molecule is C[C@@]1(CO[C@@H]2O[C@H](CO[C@@H]3O[C@H](CO)[C@@H](O)[C@H](O)[C@H]3O)[C@@H](O)[C@H](O)[C@H]2O)CCC[C@]2(C)[C@@H]1CC[C@@]13C[C@@H](CC[C@H]12)[C@@](O)(CO)C3. The minimum atomic E-state index is -1.64. The quantitative estimate of drug-likeness (QED) is 0.151. The summed E-state index contributed by atoms with van der Waals surface area (Å²) >= 11 is 0. The van der Waals surface area contributed by atoms with Gasteiger partial charge < -0.3 is 64.9 Å². The van der Waals surface area contributed by atoms with Crippen molar-refractivity contribution in [1.29, 1.82) is 0 Å². The van der Waals surface area contributed by atoms with Gasteiger partial charge in [0.1, 0.15) is 48.8 Å². The Morgan fingerprint density at radius 1 is 0.711 bits per heavy atom. The van der Waals surface area contributed by atoms with E-state index in [4.69, 9.17) is 18.9 Å². The predicted octanol–water partition coefficient (Wildman–Crippen LogP) is -1.24. The molecule has 4 saturated carbocycles. The Kier molecular flexibility index (Phi) is 9.48. The summed E-state index contributed by atoms with van der Waals surface area (Å²) in [6, 6.07) is 0. The van der Waals surface area contributed by atoms with Gasteiger partial charge in [0, 0.05) is 0 Å². The van der Waals surface area contributed by atoms with Gasteiger partial charge in [0.15, 0.2) is 12.6 Å². The van der Waals surface area contributed by atoms with E-state index >= 15 is 0 Å². The van der Waals surface area contributed by atoms with Crippen molar-refractivity contribution in [3.05, 3.63) is 0 Å². The zero-order valence-electron chi connectivity index (χ0n) is 26.4. The van der Waals surface area contributed by atoms with Crippen LogP contribution < -0.4 is 0 Å². The van der Waals surface area contributed by atoms with Gasteiger partial charge in [-0.15, -0.1) is 0 Å². The van der Waals surface area contributed by atoms with Crippen LogP contribution in [0.5, 0.6) is 0 Å². The molecule has 4 aliphatic carbocycles. The van der Waals surface area contributed by atoms with Crippen LogP contribution in [0.1, 0.15) is 71.6 Å². The Morgan fingerprint density at radius 2 is 1.36 bits per heavy atom. The lowest BCUT2D eigenvalue weighted by molar-refractivity contribution is -0.335. The van der Waals surface area contributed by atoms with E-state index in [-0.39, 0.29) is 35.4 Å². The van der Waals surface area contributed by atoms with Crippen LogP contribution in [0.3, 0.4) is 0 Å². The highest BCUT2D eigenvalue weighted by molar-refractivity contribution is 5.17.